The highest BCUT2D eigenvalue weighted by Gasteiger charge is 2.09. The van der Waals surface area contributed by atoms with E-state index in [1.165, 1.54) is 27.8 Å². The molecule has 0 spiro atoms. The van der Waals surface area contributed by atoms with Gasteiger partial charge in [0.15, 0.2) is 0 Å². The molecule has 0 bridgehead atoms. The quantitative estimate of drug-likeness (QED) is 0.383. The average molecular weight is 420 g/mol. The maximum atomic E-state index is 12.2. The molecule has 0 saturated heterocycles. The molecule has 4 aromatic rings. The van der Waals surface area contributed by atoms with Crippen molar-refractivity contribution in [2.75, 3.05) is 6.54 Å². The van der Waals surface area contributed by atoms with Crippen LogP contribution in [0.2, 0.25) is 0 Å². The van der Waals surface area contributed by atoms with Gasteiger partial charge in [0, 0.05) is 29.0 Å². The lowest BCUT2D eigenvalue weighted by atomic mass is 10.1. The van der Waals surface area contributed by atoms with Crippen LogP contribution in [-0.4, -0.2) is 22.4 Å². The lowest BCUT2D eigenvalue weighted by Crippen LogP contribution is -2.26. The number of carbonyl (C=O) groups is 1. The Morgan fingerprint density at radius 1 is 1.17 bits per heavy atom. The predicted molar refractivity (Wildman–Crippen MR) is 121 cm³/mol. The number of fused-ring (bicyclic) bond motifs is 1. The van der Waals surface area contributed by atoms with Crippen molar-refractivity contribution in [1.82, 2.24) is 15.3 Å². The number of H-pyrrole nitrogens is 1. The number of para-hydroxylation sites is 1. The van der Waals surface area contributed by atoms with Gasteiger partial charge in [0.25, 0.3) is 0 Å². The Morgan fingerprint density at radius 2 is 2.00 bits per heavy atom. The number of nitrogens with zero attached hydrogens (tertiary/aromatic N) is 1. The molecular formula is C24H25N3O2S. The third-order valence-electron chi connectivity index (χ3n) is 4.94. The van der Waals surface area contributed by atoms with Crippen LogP contribution in [0.15, 0.2) is 60.1 Å². The van der Waals surface area contributed by atoms with Crippen LogP contribution in [0.25, 0.3) is 10.9 Å². The van der Waals surface area contributed by atoms with Crippen LogP contribution in [0.5, 0.6) is 5.75 Å². The monoisotopic (exact) mass is 419 g/mol. The molecule has 2 N–H and O–H groups in total. The largest absolute Gasteiger partial charge is 0.486 e. The third kappa shape index (κ3) is 5.27. The van der Waals surface area contributed by atoms with Crippen LogP contribution in [0.3, 0.4) is 0 Å². The normalized spacial score (nSPS) is 11.0. The Kier molecular flexibility index (Phi) is 6.44. The van der Waals surface area contributed by atoms with Crippen molar-refractivity contribution in [1.29, 1.82) is 0 Å². The van der Waals surface area contributed by atoms with Crippen LogP contribution in [-0.2, 0) is 24.2 Å². The van der Waals surface area contributed by atoms with Gasteiger partial charge in [-0.15, -0.1) is 11.3 Å². The molecule has 0 atom stereocenters. The topological polar surface area (TPSA) is 67.0 Å². The minimum atomic E-state index is 0.00484. The number of aromatic amines is 1. The van der Waals surface area contributed by atoms with E-state index in [4.69, 9.17) is 4.74 Å². The summed E-state index contributed by atoms with van der Waals surface area (Å²) in [7, 11) is 0. The van der Waals surface area contributed by atoms with Crippen LogP contribution in [0, 0.1) is 6.92 Å². The van der Waals surface area contributed by atoms with Crippen molar-refractivity contribution < 1.29 is 9.53 Å². The molecule has 0 aliphatic carbocycles. The fraction of sp³-hybridized carbons (Fsp3) is 0.250. The highest BCUT2D eigenvalue weighted by molar-refractivity contribution is 7.09. The van der Waals surface area contributed by atoms with Gasteiger partial charge in [0.2, 0.25) is 5.91 Å². The summed E-state index contributed by atoms with van der Waals surface area (Å²) in [6.45, 7) is 3.12. The molecule has 6 heteroatoms. The van der Waals surface area contributed by atoms with Crippen molar-refractivity contribution in [2.24, 2.45) is 0 Å². The van der Waals surface area contributed by atoms with Gasteiger partial charge in [0.1, 0.15) is 17.4 Å². The summed E-state index contributed by atoms with van der Waals surface area (Å²) in [6, 6.07) is 16.2. The van der Waals surface area contributed by atoms with Crippen LogP contribution >= 0.6 is 11.3 Å². The molecule has 0 saturated carbocycles. The molecule has 154 valence electrons. The summed E-state index contributed by atoms with van der Waals surface area (Å²) >= 11 is 1.52. The summed E-state index contributed by atoms with van der Waals surface area (Å²) in [6.07, 6.45) is 4.19. The fourth-order valence-corrected chi connectivity index (χ4v) is 4.05. The van der Waals surface area contributed by atoms with E-state index in [1.54, 1.807) is 0 Å². The number of benzene rings is 2. The number of thiazole rings is 1. The van der Waals surface area contributed by atoms with Gasteiger partial charge in [-0.2, -0.15) is 0 Å². The highest BCUT2D eigenvalue weighted by Crippen LogP contribution is 2.19. The number of ether oxygens (including phenoxy) is 1. The number of amides is 1. The summed E-state index contributed by atoms with van der Waals surface area (Å²) in [4.78, 5) is 20.0. The summed E-state index contributed by atoms with van der Waals surface area (Å²) < 4.78 is 5.76. The molecule has 30 heavy (non-hydrogen) atoms. The number of nitrogens with one attached hydrogen (secondary N) is 2. The van der Waals surface area contributed by atoms with E-state index in [0.717, 1.165) is 34.8 Å². The maximum Gasteiger partial charge on any atom is 0.226 e. The Bertz CT molecular complexity index is 1110. The molecular weight excluding hydrogens is 394 g/mol. The van der Waals surface area contributed by atoms with E-state index in [9.17, 15) is 4.79 Å². The van der Waals surface area contributed by atoms with Gasteiger partial charge < -0.3 is 15.0 Å². The second-order valence-corrected chi connectivity index (χ2v) is 8.27. The van der Waals surface area contributed by atoms with Gasteiger partial charge in [-0.1, -0.05) is 35.9 Å². The molecule has 2 aromatic heterocycles. The number of rotatable bonds is 9. The zero-order chi connectivity index (χ0) is 20.8. The summed E-state index contributed by atoms with van der Waals surface area (Å²) in [5.41, 5.74) is 4.43. The van der Waals surface area contributed by atoms with E-state index in [2.05, 4.69) is 39.7 Å². The molecule has 2 heterocycles. The number of carbonyl (C=O) groups excluding carboxylic acids is 1. The van der Waals surface area contributed by atoms with Gasteiger partial charge in [-0.3, -0.25) is 4.79 Å². The van der Waals surface area contributed by atoms with E-state index >= 15 is 0 Å². The molecule has 4 rings (SSSR count). The molecule has 5 nitrogen and oxygen atoms in total. The summed E-state index contributed by atoms with van der Waals surface area (Å²) in [5.74, 6) is 0.829. The number of aryl methyl sites for hydroxylation is 2. The van der Waals surface area contributed by atoms with Crippen LogP contribution < -0.4 is 10.1 Å². The molecule has 1 amide bonds. The molecule has 0 aliphatic rings. The Hall–Kier alpha value is -3.12. The van der Waals surface area contributed by atoms with Crippen molar-refractivity contribution in [3.05, 3.63) is 81.9 Å². The third-order valence-corrected chi connectivity index (χ3v) is 5.82. The van der Waals surface area contributed by atoms with E-state index < -0.39 is 0 Å². The lowest BCUT2D eigenvalue weighted by molar-refractivity contribution is -0.120. The maximum absolute atomic E-state index is 12.2. The first-order valence-electron chi connectivity index (χ1n) is 10.1. The first kappa shape index (κ1) is 20.2. The number of hydrogen-bond donors (Lipinski definition) is 2. The van der Waals surface area contributed by atoms with Crippen molar-refractivity contribution in [3.8, 4) is 5.75 Å². The zero-order valence-corrected chi connectivity index (χ0v) is 17.8. The highest BCUT2D eigenvalue weighted by atomic mass is 32.1. The number of aromatic nitrogens is 2. The van der Waals surface area contributed by atoms with Crippen LogP contribution in [0.4, 0.5) is 0 Å². The smallest absolute Gasteiger partial charge is 0.226 e. The molecule has 0 fully saturated rings. The minimum Gasteiger partial charge on any atom is -0.486 e. The molecule has 0 radical (unpaired) electrons. The Morgan fingerprint density at radius 3 is 2.87 bits per heavy atom. The molecule has 2 aromatic carbocycles. The standard InChI is InChI=1S/C24H25N3O2S/c1-17-8-10-20(11-9-17)29-15-24-27-19(16-30-24)13-23(28)25-12-4-5-18-14-26-22-7-3-2-6-21(18)22/h2-3,6-11,14,16,26H,4-5,12-13,15H2,1H3,(H,25,28). The van der Waals surface area contributed by atoms with Gasteiger partial charge >= 0.3 is 0 Å². The first-order chi connectivity index (χ1) is 14.7. The Balaban J connectivity index is 1.18. The van der Waals surface area contributed by atoms with Crippen molar-refractivity contribution in [3.63, 3.8) is 0 Å². The van der Waals surface area contributed by atoms with Crippen LogP contribution in [0.1, 0.15) is 28.2 Å². The van der Waals surface area contributed by atoms with Gasteiger partial charge in [0.05, 0.1) is 12.1 Å². The van der Waals surface area contributed by atoms with Crippen molar-refractivity contribution in [2.45, 2.75) is 32.8 Å². The zero-order valence-electron chi connectivity index (χ0n) is 17.0. The van der Waals surface area contributed by atoms with E-state index in [1.807, 2.05) is 42.6 Å². The SMILES string of the molecule is Cc1ccc(OCc2nc(CC(=O)NCCCc3c[nH]c4ccccc34)cs2)cc1. The average Bonchev–Trinajstić information content (AvgIpc) is 3.38. The van der Waals surface area contributed by atoms with Gasteiger partial charge in [-0.05, 0) is 43.5 Å². The Labute approximate surface area is 180 Å². The second kappa shape index (κ2) is 9.59. The van der Waals surface area contributed by atoms with E-state index in [-0.39, 0.29) is 5.91 Å². The minimum absolute atomic E-state index is 0.00484. The number of hydrogen-bond acceptors (Lipinski definition) is 4. The van der Waals surface area contributed by atoms with E-state index in [0.29, 0.717) is 19.6 Å². The van der Waals surface area contributed by atoms with Crippen molar-refractivity contribution >= 4 is 28.1 Å². The van der Waals surface area contributed by atoms with Gasteiger partial charge in [-0.25, -0.2) is 4.98 Å². The lowest BCUT2D eigenvalue weighted by Gasteiger charge is -2.04. The fourth-order valence-electron chi connectivity index (χ4n) is 3.35. The first-order valence-corrected chi connectivity index (χ1v) is 11.0. The molecule has 0 unspecified atom stereocenters. The second-order valence-electron chi connectivity index (χ2n) is 7.32. The summed E-state index contributed by atoms with van der Waals surface area (Å²) in [5, 5.41) is 7.06. The molecule has 0 aliphatic heterocycles. The predicted octanol–water partition coefficient (Wildman–Crippen LogP) is 4.80.